The Bertz CT molecular complexity index is 1130. The number of amides is 2. The molecule has 0 aliphatic carbocycles. The quantitative estimate of drug-likeness (QED) is 0.473. The Labute approximate surface area is 187 Å². The predicted molar refractivity (Wildman–Crippen MR) is 123 cm³/mol. The van der Waals surface area contributed by atoms with E-state index in [1.165, 1.54) is 0 Å². The van der Waals surface area contributed by atoms with Crippen molar-refractivity contribution in [2.24, 2.45) is 0 Å². The van der Waals surface area contributed by atoms with Crippen LogP contribution in [-0.4, -0.2) is 47.3 Å². The van der Waals surface area contributed by atoms with Gasteiger partial charge in [0.1, 0.15) is 12.3 Å². The van der Waals surface area contributed by atoms with Gasteiger partial charge in [0.05, 0.1) is 12.7 Å². The van der Waals surface area contributed by atoms with Crippen molar-refractivity contribution < 1.29 is 19.1 Å². The maximum absolute atomic E-state index is 13.0. The summed E-state index contributed by atoms with van der Waals surface area (Å²) in [7, 11) is 1.56. The van der Waals surface area contributed by atoms with Crippen LogP contribution >= 0.6 is 0 Å². The number of ether oxygens (including phenoxy) is 1. The van der Waals surface area contributed by atoms with Crippen LogP contribution < -0.4 is 10.1 Å². The predicted octanol–water partition coefficient (Wildman–Crippen LogP) is 3.87. The zero-order valence-electron chi connectivity index (χ0n) is 18.2. The Kier molecular flexibility index (Phi) is 6.54. The lowest BCUT2D eigenvalue weighted by molar-refractivity contribution is -0.131. The summed E-state index contributed by atoms with van der Waals surface area (Å²) in [5.74, 6) is -0.671. The van der Waals surface area contributed by atoms with Gasteiger partial charge in [-0.25, -0.2) is 0 Å². The van der Waals surface area contributed by atoms with Crippen molar-refractivity contribution in [3.05, 3.63) is 60.3 Å². The summed E-state index contributed by atoms with van der Waals surface area (Å²) in [6.07, 6.45) is 5.97. The molecule has 1 N–H and O–H groups in total. The Morgan fingerprint density at radius 2 is 1.62 bits per heavy atom. The van der Waals surface area contributed by atoms with E-state index < -0.39 is 11.7 Å². The summed E-state index contributed by atoms with van der Waals surface area (Å²) in [5, 5.41) is 3.29. The van der Waals surface area contributed by atoms with E-state index in [0.29, 0.717) is 16.8 Å². The standard InChI is InChI=1S/C25H27N3O4/c1-32-19-12-10-18(11-13-19)26-25(31)24(30)21-16-28(22-9-5-4-8-20(21)22)17-23(29)27-14-6-2-3-7-15-27/h4-5,8-13,16H,2-3,6-7,14-15,17H2,1H3,(H,26,31). The third-order valence-electron chi connectivity index (χ3n) is 5.85. The molecular formula is C25H27N3O4. The highest BCUT2D eigenvalue weighted by atomic mass is 16.5. The zero-order valence-corrected chi connectivity index (χ0v) is 18.2. The first kappa shape index (κ1) is 21.6. The SMILES string of the molecule is COc1ccc(NC(=O)C(=O)c2cn(CC(=O)N3CCCCCC3)c3ccccc23)cc1. The summed E-state index contributed by atoms with van der Waals surface area (Å²) in [6, 6.07) is 14.1. The Hall–Kier alpha value is -3.61. The molecule has 7 nitrogen and oxygen atoms in total. The molecule has 1 aromatic heterocycles. The number of carbonyl (C=O) groups is 3. The molecule has 0 atom stereocenters. The number of ketones is 1. The summed E-state index contributed by atoms with van der Waals surface area (Å²) in [6.45, 7) is 1.69. The molecule has 166 valence electrons. The molecule has 0 saturated carbocycles. The molecular weight excluding hydrogens is 406 g/mol. The first-order chi connectivity index (χ1) is 15.6. The first-order valence-electron chi connectivity index (χ1n) is 10.9. The van der Waals surface area contributed by atoms with Crippen molar-refractivity contribution in [2.45, 2.75) is 32.2 Å². The van der Waals surface area contributed by atoms with Gasteiger partial charge in [-0.2, -0.15) is 0 Å². The summed E-state index contributed by atoms with van der Waals surface area (Å²) in [4.78, 5) is 40.4. The van der Waals surface area contributed by atoms with Crippen LogP contribution in [0.2, 0.25) is 0 Å². The number of carbonyl (C=O) groups excluding carboxylic acids is 3. The molecule has 1 aliphatic heterocycles. The first-order valence-corrected chi connectivity index (χ1v) is 10.9. The highest BCUT2D eigenvalue weighted by molar-refractivity contribution is 6.48. The normalized spacial score (nSPS) is 14.1. The van der Waals surface area contributed by atoms with Crippen LogP contribution in [0.5, 0.6) is 5.75 Å². The van der Waals surface area contributed by atoms with Gasteiger partial charge >= 0.3 is 0 Å². The fourth-order valence-corrected chi connectivity index (χ4v) is 4.11. The number of nitrogens with one attached hydrogen (secondary N) is 1. The zero-order chi connectivity index (χ0) is 22.5. The highest BCUT2D eigenvalue weighted by Crippen LogP contribution is 2.23. The second-order valence-corrected chi connectivity index (χ2v) is 7.99. The minimum Gasteiger partial charge on any atom is -0.497 e. The smallest absolute Gasteiger partial charge is 0.296 e. The second kappa shape index (κ2) is 9.68. The van der Waals surface area contributed by atoms with E-state index in [1.807, 2.05) is 23.1 Å². The minimum atomic E-state index is -0.725. The monoisotopic (exact) mass is 433 g/mol. The van der Waals surface area contributed by atoms with Crippen LogP contribution in [0.4, 0.5) is 5.69 Å². The maximum atomic E-state index is 13.0. The molecule has 0 spiro atoms. The van der Waals surface area contributed by atoms with Crippen LogP contribution in [0.25, 0.3) is 10.9 Å². The van der Waals surface area contributed by atoms with Gasteiger partial charge in [-0.3, -0.25) is 14.4 Å². The third-order valence-corrected chi connectivity index (χ3v) is 5.85. The number of nitrogens with zero attached hydrogens (tertiary/aromatic N) is 2. The van der Waals surface area contributed by atoms with Gasteiger partial charge in [0.2, 0.25) is 5.91 Å². The average Bonchev–Trinajstić information content (AvgIpc) is 2.98. The number of Topliss-reactive ketones (excluding diaryl/α,β-unsaturated/α-hetero) is 1. The average molecular weight is 434 g/mol. The van der Waals surface area contributed by atoms with Crippen molar-refractivity contribution in [3.63, 3.8) is 0 Å². The van der Waals surface area contributed by atoms with Gasteiger partial charge in [0.25, 0.3) is 11.7 Å². The number of para-hydroxylation sites is 1. The lowest BCUT2D eigenvalue weighted by atomic mass is 10.1. The molecule has 4 rings (SSSR count). The highest BCUT2D eigenvalue weighted by Gasteiger charge is 2.23. The fraction of sp³-hybridized carbons (Fsp3) is 0.320. The lowest BCUT2D eigenvalue weighted by Gasteiger charge is -2.20. The topological polar surface area (TPSA) is 80.6 Å². The number of anilines is 1. The van der Waals surface area contributed by atoms with Crippen LogP contribution in [0.1, 0.15) is 36.0 Å². The number of aromatic nitrogens is 1. The maximum Gasteiger partial charge on any atom is 0.296 e. The number of fused-ring (bicyclic) bond motifs is 1. The van der Waals surface area contributed by atoms with Crippen molar-refractivity contribution in [1.29, 1.82) is 0 Å². The number of methoxy groups -OCH3 is 1. The molecule has 0 radical (unpaired) electrons. The third kappa shape index (κ3) is 4.66. The van der Waals surface area contributed by atoms with Crippen LogP contribution in [0.15, 0.2) is 54.7 Å². The lowest BCUT2D eigenvalue weighted by Crippen LogP contribution is -2.34. The minimum absolute atomic E-state index is 0.0364. The van der Waals surface area contributed by atoms with Crippen molar-refractivity contribution in [2.75, 3.05) is 25.5 Å². The van der Waals surface area contributed by atoms with E-state index >= 15 is 0 Å². The number of rotatable bonds is 6. The van der Waals surface area contributed by atoms with Crippen LogP contribution in [-0.2, 0) is 16.1 Å². The van der Waals surface area contributed by atoms with E-state index in [0.717, 1.165) is 44.3 Å². The molecule has 1 fully saturated rings. The molecule has 2 amide bonds. The van der Waals surface area contributed by atoms with Gasteiger partial charge in [-0.05, 0) is 43.2 Å². The number of likely N-dealkylation sites (tertiary alicyclic amines) is 1. The molecule has 7 heteroatoms. The second-order valence-electron chi connectivity index (χ2n) is 7.99. The van der Waals surface area contributed by atoms with E-state index in [4.69, 9.17) is 4.74 Å². The summed E-state index contributed by atoms with van der Waals surface area (Å²) >= 11 is 0. The summed E-state index contributed by atoms with van der Waals surface area (Å²) in [5.41, 5.74) is 1.55. The molecule has 2 aromatic carbocycles. The van der Waals surface area contributed by atoms with Gasteiger partial charge in [0.15, 0.2) is 0 Å². The molecule has 2 heterocycles. The largest absolute Gasteiger partial charge is 0.497 e. The molecule has 3 aromatic rings. The van der Waals surface area contributed by atoms with E-state index in [1.54, 1.807) is 48.2 Å². The molecule has 32 heavy (non-hydrogen) atoms. The molecule has 0 bridgehead atoms. The van der Waals surface area contributed by atoms with E-state index in [2.05, 4.69) is 5.32 Å². The van der Waals surface area contributed by atoms with E-state index in [9.17, 15) is 14.4 Å². The van der Waals surface area contributed by atoms with Crippen LogP contribution in [0.3, 0.4) is 0 Å². The Morgan fingerprint density at radius 3 is 2.31 bits per heavy atom. The van der Waals surface area contributed by atoms with Crippen LogP contribution in [0, 0.1) is 0 Å². The fourth-order valence-electron chi connectivity index (χ4n) is 4.11. The summed E-state index contributed by atoms with van der Waals surface area (Å²) < 4.78 is 6.89. The van der Waals surface area contributed by atoms with Crippen molar-refractivity contribution in [1.82, 2.24) is 9.47 Å². The molecule has 1 aliphatic rings. The van der Waals surface area contributed by atoms with E-state index in [-0.39, 0.29) is 18.0 Å². The molecule has 0 unspecified atom stereocenters. The van der Waals surface area contributed by atoms with Gasteiger partial charge in [0, 0.05) is 35.9 Å². The van der Waals surface area contributed by atoms with Gasteiger partial charge in [-0.15, -0.1) is 0 Å². The Balaban J connectivity index is 1.55. The Morgan fingerprint density at radius 1 is 0.938 bits per heavy atom. The van der Waals surface area contributed by atoms with Crippen molar-refractivity contribution >= 4 is 34.2 Å². The molecule has 1 saturated heterocycles. The van der Waals surface area contributed by atoms with Crippen molar-refractivity contribution in [3.8, 4) is 5.75 Å². The van der Waals surface area contributed by atoms with Gasteiger partial charge in [-0.1, -0.05) is 31.0 Å². The van der Waals surface area contributed by atoms with Gasteiger partial charge < -0.3 is 19.5 Å². The number of hydrogen-bond acceptors (Lipinski definition) is 4. The number of hydrogen-bond donors (Lipinski definition) is 1. The number of benzene rings is 2.